The van der Waals surface area contributed by atoms with Gasteiger partial charge >= 0.3 is 5.97 Å². The molecule has 0 aromatic heterocycles. The zero-order chi connectivity index (χ0) is 16.5. The van der Waals surface area contributed by atoms with Crippen LogP contribution in [0.4, 0.5) is 0 Å². The Morgan fingerprint density at radius 3 is 2.17 bits per heavy atom. The molecule has 0 aliphatic carbocycles. The summed E-state index contributed by atoms with van der Waals surface area (Å²) in [7, 11) is 0. The van der Waals surface area contributed by atoms with E-state index in [9.17, 15) is 9.59 Å². The van der Waals surface area contributed by atoms with Crippen LogP contribution in [0.3, 0.4) is 0 Å². The van der Waals surface area contributed by atoms with Crippen LogP contribution in [0.5, 0.6) is 5.75 Å². The fourth-order valence-electron chi connectivity index (χ4n) is 1.97. The predicted octanol–water partition coefficient (Wildman–Crippen LogP) is 2.10. The molecular formula is C18H19NO4. The van der Waals surface area contributed by atoms with Crippen molar-refractivity contribution in [2.75, 3.05) is 6.61 Å². The molecule has 0 aliphatic heterocycles. The highest BCUT2D eigenvalue weighted by atomic mass is 16.6. The first-order valence-corrected chi connectivity index (χ1v) is 7.35. The van der Waals surface area contributed by atoms with E-state index >= 15 is 0 Å². The average molecular weight is 313 g/mol. The van der Waals surface area contributed by atoms with Crippen LogP contribution < -0.4 is 10.5 Å². The minimum atomic E-state index is -1.00. The van der Waals surface area contributed by atoms with E-state index in [-0.39, 0.29) is 13.0 Å². The number of rotatable bonds is 8. The zero-order valence-electron chi connectivity index (χ0n) is 12.7. The minimum absolute atomic E-state index is 0.197. The number of para-hydroxylation sites is 1. The molecule has 0 fully saturated rings. The molecular weight excluding hydrogens is 294 g/mol. The van der Waals surface area contributed by atoms with Crippen LogP contribution in [0.1, 0.15) is 12.0 Å². The normalized spacial score (nSPS) is 11.5. The van der Waals surface area contributed by atoms with E-state index in [1.165, 1.54) is 0 Å². The third-order valence-corrected chi connectivity index (χ3v) is 3.20. The maximum absolute atomic E-state index is 11.8. The van der Waals surface area contributed by atoms with Gasteiger partial charge in [0.1, 0.15) is 12.4 Å². The van der Waals surface area contributed by atoms with Crippen molar-refractivity contribution in [1.29, 1.82) is 0 Å². The van der Waals surface area contributed by atoms with Gasteiger partial charge in [-0.25, -0.2) is 0 Å². The van der Waals surface area contributed by atoms with E-state index in [4.69, 9.17) is 15.2 Å². The monoisotopic (exact) mass is 313 g/mol. The highest BCUT2D eigenvalue weighted by Gasteiger charge is 2.19. The molecule has 0 saturated carbocycles. The molecule has 5 nitrogen and oxygen atoms in total. The van der Waals surface area contributed by atoms with Crippen LogP contribution in [-0.2, 0) is 20.7 Å². The van der Waals surface area contributed by atoms with Gasteiger partial charge in [-0.15, -0.1) is 0 Å². The second-order valence-electron chi connectivity index (χ2n) is 4.99. The van der Waals surface area contributed by atoms with Crippen molar-refractivity contribution in [3.63, 3.8) is 0 Å². The summed E-state index contributed by atoms with van der Waals surface area (Å²) in [5, 5.41) is 0. The van der Waals surface area contributed by atoms with Crippen LogP contribution in [0.2, 0.25) is 0 Å². The number of nitrogens with two attached hydrogens (primary N) is 1. The van der Waals surface area contributed by atoms with Gasteiger partial charge in [0.05, 0.1) is 0 Å². The first-order chi connectivity index (χ1) is 11.1. The van der Waals surface area contributed by atoms with Gasteiger partial charge in [-0.2, -0.15) is 0 Å². The lowest BCUT2D eigenvalue weighted by Crippen LogP contribution is -2.38. The Morgan fingerprint density at radius 2 is 1.57 bits per heavy atom. The molecule has 0 spiro atoms. The van der Waals surface area contributed by atoms with Gasteiger partial charge in [-0.05, 0) is 24.1 Å². The number of ether oxygens (including phenoxy) is 2. The standard InChI is InChI=1S/C18H19NO4/c19-18(21)16(23-15-9-5-2-6-10-15)13-22-17(20)12-11-14-7-3-1-4-8-14/h1-10,16H,11-13H2,(H2,19,21). The van der Waals surface area contributed by atoms with Gasteiger partial charge in [0.25, 0.3) is 5.91 Å². The number of hydrogen-bond donors (Lipinski definition) is 1. The number of aryl methyl sites for hydroxylation is 1. The molecule has 0 saturated heterocycles. The molecule has 2 rings (SSSR count). The Balaban J connectivity index is 1.79. The van der Waals surface area contributed by atoms with Crippen LogP contribution in [0.25, 0.3) is 0 Å². The van der Waals surface area contributed by atoms with E-state index in [1.807, 2.05) is 36.4 Å². The second-order valence-corrected chi connectivity index (χ2v) is 4.99. The first-order valence-electron chi connectivity index (χ1n) is 7.35. The summed E-state index contributed by atoms with van der Waals surface area (Å²) in [6.45, 7) is -0.197. The molecule has 1 amide bonds. The molecule has 0 heterocycles. The molecule has 0 radical (unpaired) electrons. The molecule has 0 bridgehead atoms. The quantitative estimate of drug-likeness (QED) is 0.757. The van der Waals surface area contributed by atoms with E-state index in [1.54, 1.807) is 24.3 Å². The summed E-state index contributed by atoms with van der Waals surface area (Å²) in [4.78, 5) is 23.2. The number of carbonyl (C=O) groups excluding carboxylic acids is 2. The maximum atomic E-state index is 11.8. The highest BCUT2D eigenvalue weighted by molar-refractivity contribution is 5.80. The van der Waals surface area contributed by atoms with Crippen molar-refractivity contribution < 1.29 is 19.1 Å². The van der Waals surface area contributed by atoms with Crippen molar-refractivity contribution in [3.8, 4) is 5.75 Å². The molecule has 2 aromatic rings. The molecule has 23 heavy (non-hydrogen) atoms. The summed E-state index contributed by atoms with van der Waals surface area (Å²) in [6.07, 6.45) is -0.181. The third-order valence-electron chi connectivity index (χ3n) is 3.20. The molecule has 5 heteroatoms. The number of amides is 1. The fourth-order valence-corrected chi connectivity index (χ4v) is 1.97. The van der Waals surface area contributed by atoms with Gasteiger partial charge in [0.2, 0.25) is 6.10 Å². The summed E-state index contributed by atoms with van der Waals surface area (Å²) < 4.78 is 10.5. The Labute approximate surface area is 135 Å². The SMILES string of the molecule is NC(=O)C(COC(=O)CCc1ccccc1)Oc1ccccc1. The summed E-state index contributed by atoms with van der Waals surface area (Å²) >= 11 is 0. The minimum Gasteiger partial charge on any atom is -0.477 e. The summed E-state index contributed by atoms with van der Waals surface area (Å²) in [5.74, 6) is -0.571. The Bertz CT molecular complexity index is 628. The van der Waals surface area contributed by atoms with Crippen molar-refractivity contribution in [2.45, 2.75) is 18.9 Å². The first kappa shape index (κ1) is 16.5. The van der Waals surface area contributed by atoms with Gasteiger partial charge in [-0.1, -0.05) is 48.5 Å². The number of esters is 1. The lowest BCUT2D eigenvalue weighted by Gasteiger charge is -2.16. The largest absolute Gasteiger partial charge is 0.477 e. The number of benzene rings is 2. The Morgan fingerprint density at radius 1 is 0.957 bits per heavy atom. The second kappa shape index (κ2) is 8.58. The molecule has 120 valence electrons. The van der Waals surface area contributed by atoms with Crippen molar-refractivity contribution in [3.05, 3.63) is 66.2 Å². The number of hydrogen-bond acceptors (Lipinski definition) is 4. The molecule has 1 unspecified atom stereocenters. The van der Waals surface area contributed by atoms with Gasteiger partial charge in [-0.3, -0.25) is 9.59 Å². The summed E-state index contributed by atoms with van der Waals surface area (Å²) in [6, 6.07) is 18.4. The zero-order valence-corrected chi connectivity index (χ0v) is 12.7. The summed E-state index contributed by atoms with van der Waals surface area (Å²) in [5.41, 5.74) is 6.33. The molecule has 0 aliphatic rings. The number of carbonyl (C=O) groups is 2. The molecule has 2 N–H and O–H groups in total. The third kappa shape index (κ3) is 5.82. The van der Waals surface area contributed by atoms with Crippen LogP contribution >= 0.6 is 0 Å². The van der Waals surface area contributed by atoms with Crippen molar-refractivity contribution in [1.82, 2.24) is 0 Å². The highest BCUT2D eigenvalue weighted by Crippen LogP contribution is 2.11. The van der Waals surface area contributed by atoms with E-state index < -0.39 is 18.0 Å². The Hall–Kier alpha value is -2.82. The molecule has 1 atom stereocenters. The molecule has 2 aromatic carbocycles. The van der Waals surface area contributed by atoms with Crippen LogP contribution in [0.15, 0.2) is 60.7 Å². The van der Waals surface area contributed by atoms with Gasteiger partial charge in [0.15, 0.2) is 0 Å². The van der Waals surface area contributed by atoms with E-state index in [2.05, 4.69) is 0 Å². The average Bonchev–Trinajstić information content (AvgIpc) is 2.58. The van der Waals surface area contributed by atoms with E-state index in [0.717, 1.165) is 5.56 Å². The van der Waals surface area contributed by atoms with Gasteiger partial charge in [0, 0.05) is 6.42 Å². The smallest absolute Gasteiger partial charge is 0.306 e. The van der Waals surface area contributed by atoms with Crippen LogP contribution in [0, 0.1) is 0 Å². The lowest BCUT2D eigenvalue weighted by atomic mass is 10.1. The van der Waals surface area contributed by atoms with Crippen molar-refractivity contribution >= 4 is 11.9 Å². The van der Waals surface area contributed by atoms with E-state index in [0.29, 0.717) is 12.2 Å². The maximum Gasteiger partial charge on any atom is 0.306 e. The van der Waals surface area contributed by atoms with Crippen LogP contribution in [-0.4, -0.2) is 24.6 Å². The predicted molar refractivity (Wildman–Crippen MR) is 85.8 cm³/mol. The lowest BCUT2D eigenvalue weighted by molar-refractivity contribution is -0.147. The Kier molecular flexibility index (Phi) is 6.17. The fraction of sp³-hybridized carbons (Fsp3) is 0.222. The topological polar surface area (TPSA) is 78.6 Å². The van der Waals surface area contributed by atoms with Gasteiger partial charge < -0.3 is 15.2 Å². The number of primary amides is 1. The van der Waals surface area contributed by atoms with Crippen molar-refractivity contribution in [2.24, 2.45) is 5.73 Å².